The minimum atomic E-state index is -0.183. The second-order valence-corrected chi connectivity index (χ2v) is 5.28. The van der Waals surface area contributed by atoms with Crippen LogP contribution in [0.15, 0.2) is 0 Å². The van der Waals surface area contributed by atoms with Gasteiger partial charge in [-0.25, -0.2) is 0 Å². The van der Waals surface area contributed by atoms with E-state index in [0.717, 1.165) is 6.54 Å². The zero-order valence-corrected chi connectivity index (χ0v) is 12.5. The summed E-state index contributed by atoms with van der Waals surface area (Å²) < 4.78 is 10.5. The second kappa shape index (κ2) is 8.86. The Morgan fingerprint density at radius 2 is 1.59 bits per heavy atom. The Hall–Kier alpha value is -0.160. The van der Waals surface area contributed by atoms with Crippen LogP contribution in [0.5, 0.6) is 0 Å². The fourth-order valence-electron chi connectivity index (χ4n) is 1.94. The van der Waals surface area contributed by atoms with Gasteiger partial charge in [-0.15, -0.1) is 0 Å². The molecule has 0 aromatic heterocycles. The van der Waals surface area contributed by atoms with Gasteiger partial charge < -0.3 is 19.7 Å². The van der Waals surface area contributed by atoms with Gasteiger partial charge in [0.25, 0.3) is 0 Å². The van der Waals surface area contributed by atoms with E-state index in [2.05, 4.69) is 45.1 Å². The van der Waals surface area contributed by atoms with Gasteiger partial charge in [0.15, 0.2) is 6.29 Å². The molecule has 0 aliphatic carbocycles. The van der Waals surface area contributed by atoms with Crippen LogP contribution in [0.4, 0.5) is 0 Å². The Morgan fingerprint density at radius 3 is 1.94 bits per heavy atom. The molecule has 0 bridgehead atoms. The van der Waals surface area contributed by atoms with Gasteiger partial charge in [-0.05, 0) is 33.4 Å². The van der Waals surface area contributed by atoms with E-state index in [1.807, 2.05) is 0 Å². The first-order valence-electron chi connectivity index (χ1n) is 6.37. The number of nitrogens with zero attached hydrogens (tertiary/aromatic N) is 1. The maximum Gasteiger partial charge on any atom is 0.171 e. The SMILES string of the molecule is COC(OC)C(C)NCC(CC(C)C)N(C)C. The maximum absolute atomic E-state index is 5.24. The van der Waals surface area contributed by atoms with Gasteiger partial charge in [0.05, 0.1) is 6.04 Å². The number of methoxy groups -OCH3 is 2. The summed E-state index contributed by atoms with van der Waals surface area (Å²) in [6, 6.07) is 0.742. The molecule has 0 aliphatic rings. The van der Waals surface area contributed by atoms with Crippen molar-refractivity contribution in [2.24, 2.45) is 5.92 Å². The third-order valence-electron chi connectivity index (χ3n) is 3.02. The smallest absolute Gasteiger partial charge is 0.171 e. The van der Waals surface area contributed by atoms with Crippen LogP contribution >= 0.6 is 0 Å². The Labute approximate surface area is 107 Å². The molecule has 0 radical (unpaired) electrons. The van der Waals surface area contributed by atoms with Crippen LogP contribution in [0, 0.1) is 5.92 Å². The van der Waals surface area contributed by atoms with E-state index in [1.165, 1.54) is 6.42 Å². The molecule has 2 atom stereocenters. The van der Waals surface area contributed by atoms with Crippen molar-refractivity contribution in [2.45, 2.75) is 45.6 Å². The lowest BCUT2D eigenvalue weighted by molar-refractivity contribution is -0.119. The maximum atomic E-state index is 5.24. The molecule has 4 heteroatoms. The van der Waals surface area contributed by atoms with Gasteiger partial charge in [-0.1, -0.05) is 13.8 Å². The third-order valence-corrected chi connectivity index (χ3v) is 3.02. The van der Waals surface area contributed by atoms with E-state index in [4.69, 9.17) is 9.47 Å². The molecule has 1 N–H and O–H groups in total. The number of nitrogens with one attached hydrogen (secondary N) is 1. The van der Waals surface area contributed by atoms with E-state index in [0.29, 0.717) is 12.0 Å². The van der Waals surface area contributed by atoms with E-state index in [9.17, 15) is 0 Å². The lowest BCUT2D eigenvalue weighted by Gasteiger charge is -2.29. The molecular formula is C13H30N2O2. The summed E-state index contributed by atoms with van der Waals surface area (Å²) in [7, 11) is 7.60. The summed E-state index contributed by atoms with van der Waals surface area (Å²) in [6.07, 6.45) is 1.01. The number of ether oxygens (including phenoxy) is 2. The molecule has 4 nitrogen and oxygen atoms in total. The van der Waals surface area contributed by atoms with Crippen LogP contribution < -0.4 is 5.32 Å². The first-order valence-corrected chi connectivity index (χ1v) is 6.37. The summed E-state index contributed by atoms with van der Waals surface area (Å²) in [5.74, 6) is 0.708. The predicted octanol–water partition coefficient (Wildman–Crippen LogP) is 1.56. The van der Waals surface area contributed by atoms with Crippen LogP contribution in [-0.4, -0.2) is 58.1 Å². The van der Waals surface area contributed by atoms with Gasteiger partial charge in [-0.3, -0.25) is 0 Å². The van der Waals surface area contributed by atoms with E-state index >= 15 is 0 Å². The van der Waals surface area contributed by atoms with E-state index in [-0.39, 0.29) is 12.3 Å². The summed E-state index contributed by atoms with van der Waals surface area (Å²) in [4.78, 5) is 2.27. The molecule has 0 amide bonds. The summed E-state index contributed by atoms with van der Waals surface area (Å²) in [5.41, 5.74) is 0. The zero-order valence-electron chi connectivity index (χ0n) is 12.5. The quantitative estimate of drug-likeness (QED) is 0.626. The molecule has 0 spiro atoms. The molecule has 104 valence electrons. The fourth-order valence-corrected chi connectivity index (χ4v) is 1.94. The molecule has 17 heavy (non-hydrogen) atoms. The lowest BCUT2D eigenvalue weighted by atomic mass is 10.0. The average molecular weight is 246 g/mol. The van der Waals surface area contributed by atoms with Crippen LogP contribution in [0.3, 0.4) is 0 Å². The van der Waals surface area contributed by atoms with Crippen molar-refractivity contribution in [3.63, 3.8) is 0 Å². The summed E-state index contributed by atoms with van der Waals surface area (Å²) >= 11 is 0. The van der Waals surface area contributed by atoms with Gasteiger partial charge in [0.1, 0.15) is 0 Å². The summed E-state index contributed by atoms with van der Waals surface area (Å²) in [6.45, 7) is 7.55. The molecule has 0 aliphatic heterocycles. The highest BCUT2D eigenvalue weighted by atomic mass is 16.7. The molecule has 0 saturated heterocycles. The number of rotatable bonds is 9. The number of hydrogen-bond acceptors (Lipinski definition) is 4. The van der Waals surface area contributed by atoms with E-state index in [1.54, 1.807) is 14.2 Å². The van der Waals surface area contributed by atoms with Gasteiger partial charge in [0, 0.05) is 26.8 Å². The first-order chi connectivity index (χ1) is 7.92. The Morgan fingerprint density at radius 1 is 1.06 bits per heavy atom. The summed E-state index contributed by atoms with van der Waals surface area (Å²) in [5, 5.41) is 3.48. The first kappa shape index (κ1) is 16.8. The van der Waals surface area contributed by atoms with Crippen molar-refractivity contribution in [3.05, 3.63) is 0 Å². The van der Waals surface area contributed by atoms with Crippen LogP contribution in [-0.2, 0) is 9.47 Å². The standard InChI is InChI=1S/C13H30N2O2/c1-10(2)8-12(15(4)5)9-14-11(3)13(16-6)17-7/h10-14H,8-9H2,1-7H3. The molecule has 2 unspecified atom stereocenters. The normalized spacial score (nSPS) is 15.9. The highest BCUT2D eigenvalue weighted by Gasteiger charge is 2.18. The number of hydrogen-bond donors (Lipinski definition) is 1. The topological polar surface area (TPSA) is 33.7 Å². The van der Waals surface area contributed by atoms with Crippen molar-refractivity contribution in [1.29, 1.82) is 0 Å². The zero-order chi connectivity index (χ0) is 13.4. The number of likely N-dealkylation sites (N-methyl/N-ethyl adjacent to an activating group) is 1. The Balaban J connectivity index is 4.11. The molecule has 0 saturated carbocycles. The van der Waals surface area contributed by atoms with E-state index < -0.39 is 0 Å². The van der Waals surface area contributed by atoms with Crippen LogP contribution in [0.1, 0.15) is 27.2 Å². The van der Waals surface area contributed by atoms with Crippen LogP contribution in [0.25, 0.3) is 0 Å². The van der Waals surface area contributed by atoms with Crippen molar-refractivity contribution in [2.75, 3.05) is 34.9 Å². The minimum Gasteiger partial charge on any atom is -0.354 e. The molecule has 0 heterocycles. The van der Waals surface area contributed by atoms with Crippen molar-refractivity contribution in [3.8, 4) is 0 Å². The second-order valence-electron chi connectivity index (χ2n) is 5.28. The van der Waals surface area contributed by atoms with Crippen LogP contribution in [0.2, 0.25) is 0 Å². The lowest BCUT2D eigenvalue weighted by Crippen LogP contribution is -2.46. The third kappa shape index (κ3) is 6.99. The highest BCUT2D eigenvalue weighted by molar-refractivity contribution is 4.74. The molecule has 0 aromatic rings. The fraction of sp³-hybridized carbons (Fsp3) is 1.00. The molecule has 0 fully saturated rings. The molecule has 0 rings (SSSR count). The van der Waals surface area contributed by atoms with Crippen molar-refractivity contribution >= 4 is 0 Å². The predicted molar refractivity (Wildman–Crippen MR) is 72.2 cm³/mol. The largest absolute Gasteiger partial charge is 0.354 e. The van der Waals surface area contributed by atoms with Gasteiger partial charge in [-0.2, -0.15) is 0 Å². The minimum absolute atomic E-state index is 0.183. The monoisotopic (exact) mass is 246 g/mol. The average Bonchev–Trinajstić information content (AvgIpc) is 2.25. The highest BCUT2D eigenvalue weighted by Crippen LogP contribution is 2.09. The Kier molecular flexibility index (Phi) is 8.78. The Bertz CT molecular complexity index is 182. The molecular weight excluding hydrogens is 216 g/mol. The molecule has 0 aromatic carbocycles. The van der Waals surface area contributed by atoms with Gasteiger partial charge in [0.2, 0.25) is 0 Å². The van der Waals surface area contributed by atoms with Gasteiger partial charge >= 0.3 is 0 Å². The van der Waals surface area contributed by atoms with Crippen molar-refractivity contribution < 1.29 is 9.47 Å². The van der Waals surface area contributed by atoms with Crippen molar-refractivity contribution in [1.82, 2.24) is 10.2 Å².